The monoisotopic (exact) mass is 286 g/mol. The second kappa shape index (κ2) is 4.74. The van der Waals surface area contributed by atoms with Crippen LogP contribution in [0.5, 0.6) is 5.75 Å². The minimum Gasteiger partial charge on any atom is -0.493 e. The Bertz CT molecular complexity index is 655. The van der Waals surface area contributed by atoms with Crippen molar-refractivity contribution < 1.29 is 4.74 Å². The first-order chi connectivity index (χ1) is 9.79. The van der Waals surface area contributed by atoms with E-state index in [1.165, 1.54) is 18.4 Å². The zero-order valence-corrected chi connectivity index (χ0v) is 11.8. The molecule has 0 amide bonds. The molecule has 0 N–H and O–H groups in total. The Labute approximate surface area is 123 Å². The molecule has 1 saturated carbocycles. The third-order valence-corrected chi connectivity index (χ3v) is 4.17. The van der Waals surface area contributed by atoms with E-state index in [-0.39, 0.29) is 5.92 Å². The summed E-state index contributed by atoms with van der Waals surface area (Å²) >= 11 is 6.15. The van der Waals surface area contributed by atoms with Crippen LogP contribution in [0.1, 0.15) is 41.8 Å². The van der Waals surface area contributed by atoms with Crippen LogP contribution in [0.15, 0.2) is 30.3 Å². The van der Waals surface area contributed by atoms with Crippen molar-refractivity contribution in [1.29, 1.82) is 0 Å². The van der Waals surface area contributed by atoms with E-state index in [2.05, 4.69) is 11.1 Å². The molecule has 4 rings (SSSR count). The van der Waals surface area contributed by atoms with Crippen LogP contribution in [0.25, 0.3) is 0 Å². The zero-order chi connectivity index (χ0) is 13.5. The highest BCUT2D eigenvalue weighted by molar-refractivity contribution is 6.29. The fourth-order valence-corrected chi connectivity index (χ4v) is 2.92. The summed E-state index contributed by atoms with van der Waals surface area (Å²) in [4.78, 5) is 9.13. The Kier molecular flexibility index (Phi) is 2.88. The summed E-state index contributed by atoms with van der Waals surface area (Å²) in [6.45, 7) is 0.626. The number of hydrogen-bond acceptors (Lipinski definition) is 3. The first-order valence-electron chi connectivity index (χ1n) is 7.04. The van der Waals surface area contributed by atoms with Crippen molar-refractivity contribution in [3.8, 4) is 5.75 Å². The Morgan fingerprint density at radius 1 is 1.10 bits per heavy atom. The number of rotatable bonds is 2. The van der Waals surface area contributed by atoms with Gasteiger partial charge in [-0.3, -0.25) is 0 Å². The van der Waals surface area contributed by atoms with Gasteiger partial charge in [0, 0.05) is 11.6 Å². The van der Waals surface area contributed by atoms with Crippen LogP contribution in [0.4, 0.5) is 0 Å². The van der Waals surface area contributed by atoms with E-state index in [1.807, 2.05) is 24.3 Å². The number of nitrogens with zero attached hydrogens (tertiary/aromatic N) is 2. The first kappa shape index (κ1) is 12.2. The lowest BCUT2D eigenvalue weighted by molar-refractivity contribution is 0.257. The number of aromatic nitrogens is 2. The molecule has 1 aromatic heterocycles. The molecule has 2 aromatic rings. The van der Waals surface area contributed by atoms with Crippen molar-refractivity contribution in [2.24, 2.45) is 0 Å². The molecule has 0 spiro atoms. The molecule has 1 aliphatic carbocycles. The van der Waals surface area contributed by atoms with E-state index in [0.29, 0.717) is 17.7 Å². The van der Waals surface area contributed by atoms with Gasteiger partial charge < -0.3 is 4.74 Å². The van der Waals surface area contributed by atoms with Crippen molar-refractivity contribution in [3.05, 3.63) is 52.6 Å². The lowest BCUT2D eigenvalue weighted by Gasteiger charge is -2.24. The molecule has 20 heavy (non-hydrogen) atoms. The van der Waals surface area contributed by atoms with Crippen LogP contribution < -0.4 is 4.74 Å². The standard InChI is InChI=1S/C16H15ClN2O/c17-15-8-13(10-5-6-10)18-16(19-15)12-7-11-3-1-2-4-14(11)20-9-12/h1-4,8,10,12H,5-7,9H2. The van der Waals surface area contributed by atoms with E-state index in [9.17, 15) is 0 Å². The van der Waals surface area contributed by atoms with Crippen LogP contribution in [-0.4, -0.2) is 16.6 Å². The number of halogens is 1. The number of hydrogen-bond donors (Lipinski definition) is 0. The van der Waals surface area contributed by atoms with Crippen molar-refractivity contribution in [3.63, 3.8) is 0 Å². The summed E-state index contributed by atoms with van der Waals surface area (Å²) in [5.41, 5.74) is 2.32. The van der Waals surface area contributed by atoms with Gasteiger partial charge >= 0.3 is 0 Å². The Morgan fingerprint density at radius 3 is 2.80 bits per heavy atom. The molecule has 4 heteroatoms. The fourth-order valence-electron chi connectivity index (χ4n) is 2.72. The Morgan fingerprint density at radius 2 is 1.95 bits per heavy atom. The highest BCUT2D eigenvalue weighted by Crippen LogP contribution is 2.40. The maximum atomic E-state index is 6.15. The van der Waals surface area contributed by atoms with Gasteiger partial charge in [0.25, 0.3) is 0 Å². The van der Waals surface area contributed by atoms with E-state index < -0.39 is 0 Å². The maximum Gasteiger partial charge on any atom is 0.137 e. The molecule has 0 saturated heterocycles. The van der Waals surface area contributed by atoms with Crippen molar-refractivity contribution in [1.82, 2.24) is 9.97 Å². The third kappa shape index (κ3) is 2.27. The van der Waals surface area contributed by atoms with Gasteiger partial charge in [-0.1, -0.05) is 29.8 Å². The quantitative estimate of drug-likeness (QED) is 0.789. The van der Waals surface area contributed by atoms with Gasteiger partial charge in [-0.2, -0.15) is 0 Å². The molecular formula is C16H15ClN2O. The van der Waals surface area contributed by atoms with Crippen LogP contribution in [0, 0.1) is 0 Å². The first-order valence-corrected chi connectivity index (χ1v) is 7.42. The number of ether oxygens (including phenoxy) is 1. The van der Waals surface area contributed by atoms with Gasteiger partial charge in [-0.25, -0.2) is 9.97 Å². The van der Waals surface area contributed by atoms with Crippen LogP contribution >= 0.6 is 11.6 Å². The molecule has 2 aliphatic rings. The number of para-hydroxylation sites is 1. The molecule has 1 fully saturated rings. The maximum absolute atomic E-state index is 6.15. The average Bonchev–Trinajstić information content (AvgIpc) is 3.31. The van der Waals surface area contributed by atoms with E-state index in [4.69, 9.17) is 21.3 Å². The predicted octanol–water partition coefficient (Wildman–Crippen LogP) is 3.73. The van der Waals surface area contributed by atoms with Gasteiger partial charge in [0.15, 0.2) is 0 Å². The number of benzene rings is 1. The van der Waals surface area contributed by atoms with Crippen molar-refractivity contribution >= 4 is 11.6 Å². The van der Waals surface area contributed by atoms with E-state index >= 15 is 0 Å². The molecule has 3 nitrogen and oxygen atoms in total. The SMILES string of the molecule is Clc1cc(C2CC2)nc(C2COc3ccccc3C2)n1. The second-order valence-electron chi connectivity index (χ2n) is 5.57. The van der Waals surface area contributed by atoms with E-state index in [1.54, 1.807) is 0 Å². The lowest BCUT2D eigenvalue weighted by Crippen LogP contribution is -2.21. The number of fused-ring (bicyclic) bond motifs is 1. The third-order valence-electron chi connectivity index (χ3n) is 3.97. The van der Waals surface area contributed by atoms with Gasteiger partial charge in [0.2, 0.25) is 0 Å². The van der Waals surface area contributed by atoms with E-state index in [0.717, 1.165) is 23.7 Å². The van der Waals surface area contributed by atoms with Gasteiger partial charge in [-0.15, -0.1) is 0 Å². The second-order valence-corrected chi connectivity index (χ2v) is 5.96. The molecular weight excluding hydrogens is 272 g/mol. The Balaban J connectivity index is 1.65. The topological polar surface area (TPSA) is 35.0 Å². The van der Waals surface area contributed by atoms with Gasteiger partial charge in [0.05, 0.1) is 12.5 Å². The van der Waals surface area contributed by atoms with Crippen molar-refractivity contribution in [2.75, 3.05) is 6.61 Å². The Hall–Kier alpha value is -1.61. The van der Waals surface area contributed by atoms with Gasteiger partial charge in [-0.05, 0) is 37.0 Å². The van der Waals surface area contributed by atoms with Crippen LogP contribution in [-0.2, 0) is 6.42 Å². The molecule has 2 heterocycles. The van der Waals surface area contributed by atoms with Crippen molar-refractivity contribution in [2.45, 2.75) is 31.1 Å². The lowest BCUT2D eigenvalue weighted by atomic mass is 9.96. The summed E-state index contributed by atoms with van der Waals surface area (Å²) in [5.74, 6) is 2.59. The highest BCUT2D eigenvalue weighted by Gasteiger charge is 2.29. The highest BCUT2D eigenvalue weighted by atomic mass is 35.5. The smallest absolute Gasteiger partial charge is 0.137 e. The molecule has 0 bridgehead atoms. The summed E-state index contributed by atoms with van der Waals surface area (Å²) in [6.07, 6.45) is 3.36. The largest absolute Gasteiger partial charge is 0.493 e. The molecule has 1 unspecified atom stereocenters. The zero-order valence-electron chi connectivity index (χ0n) is 11.1. The van der Waals surface area contributed by atoms with Gasteiger partial charge in [0.1, 0.15) is 16.7 Å². The minimum absolute atomic E-state index is 0.195. The molecule has 1 aromatic carbocycles. The summed E-state index contributed by atoms with van der Waals surface area (Å²) < 4.78 is 5.82. The van der Waals surface area contributed by atoms with Crippen LogP contribution in [0.2, 0.25) is 5.15 Å². The summed E-state index contributed by atoms with van der Waals surface area (Å²) in [6, 6.07) is 10.1. The predicted molar refractivity (Wildman–Crippen MR) is 77.4 cm³/mol. The molecule has 1 atom stereocenters. The van der Waals surface area contributed by atoms with Crippen LogP contribution in [0.3, 0.4) is 0 Å². The molecule has 0 radical (unpaired) electrons. The normalized spacial score (nSPS) is 21.1. The average molecular weight is 287 g/mol. The summed E-state index contributed by atoms with van der Waals surface area (Å²) in [7, 11) is 0. The minimum atomic E-state index is 0.195. The summed E-state index contributed by atoms with van der Waals surface area (Å²) in [5, 5.41) is 0.552. The molecule has 1 aliphatic heterocycles. The fraction of sp³-hybridized carbons (Fsp3) is 0.375. The molecule has 102 valence electrons.